The van der Waals surface area contributed by atoms with Crippen LogP contribution >= 0.6 is 0 Å². The summed E-state index contributed by atoms with van der Waals surface area (Å²) >= 11 is 0. The lowest BCUT2D eigenvalue weighted by Gasteiger charge is -2.41. The minimum atomic E-state index is -2.00. The molecule has 0 bridgehead atoms. The second kappa shape index (κ2) is 10.8. The van der Waals surface area contributed by atoms with Gasteiger partial charge in [-0.3, -0.25) is 0 Å². The van der Waals surface area contributed by atoms with E-state index >= 15 is 0 Å². The highest BCUT2D eigenvalue weighted by Crippen LogP contribution is 2.48. The van der Waals surface area contributed by atoms with Gasteiger partial charge in [0, 0.05) is 16.8 Å². The molecule has 0 amide bonds. The van der Waals surface area contributed by atoms with Crippen LogP contribution in [0.1, 0.15) is 26.3 Å². The molecule has 45 heavy (non-hydrogen) atoms. The number of aliphatic hydroxyl groups is 2. The maximum Gasteiger partial charge on any atom is 0.339 e. The summed E-state index contributed by atoms with van der Waals surface area (Å²) < 4.78 is 26.8. The molecule has 3 heterocycles. The van der Waals surface area contributed by atoms with Crippen LogP contribution in [0.5, 0.6) is 34.5 Å². The van der Waals surface area contributed by atoms with Gasteiger partial charge in [-0.05, 0) is 35.9 Å². The Kier molecular flexibility index (Phi) is 7.03. The van der Waals surface area contributed by atoms with Crippen molar-refractivity contribution in [1.82, 2.24) is 0 Å². The van der Waals surface area contributed by atoms with Crippen LogP contribution in [-0.4, -0.2) is 96.1 Å². The van der Waals surface area contributed by atoms with E-state index in [-0.39, 0.29) is 16.5 Å². The topological polar surface area (TPSA) is 263 Å². The van der Waals surface area contributed by atoms with E-state index in [4.69, 9.17) is 23.4 Å². The van der Waals surface area contributed by atoms with Crippen molar-refractivity contribution >= 4 is 45.9 Å². The van der Waals surface area contributed by atoms with Crippen molar-refractivity contribution in [3.63, 3.8) is 0 Å². The van der Waals surface area contributed by atoms with Crippen LogP contribution in [0.2, 0.25) is 0 Å². The lowest BCUT2D eigenvalue weighted by atomic mass is 9.98. The number of cyclic esters (lactones) is 1. The highest BCUT2D eigenvalue weighted by molar-refractivity contribution is 6.23. The van der Waals surface area contributed by atoms with Gasteiger partial charge < -0.3 is 64.2 Å². The zero-order valence-corrected chi connectivity index (χ0v) is 22.5. The predicted octanol–water partition coefficient (Wildman–Crippen LogP) is 1.22. The van der Waals surface area contributed by atoms with E-state index in [2.05, 4.69) is 0 Å². The third kappa shape index (κ3) is 4.92. The Bertz CT molecular complexity index is 1920. The Morgan fingerprint density at radius 1 is 0.800 bits per heavy atom. The first kappa shape index (κ1) is 29.4. The van der Waals surface area contributed by atoms with Gasteiger partial charge in [-0.1, -0.05) is 6.07 Å². The van der Waals surface area contributed by atoms with Gasteiger partial charge >= 0.3 is 17.9 Å². The van der Waals surface area contributed by atoms with Crippen molar-refractivity contribution in [2.24, 2.45) is 0 Å². The molecule has 5 atom stereocenters. The quantitative estimate of drug-likeness (QED) is 0.0687. The largest absolute Gasteiger partial charge is 0.504 e. The molecular weight excluding hydrogens is 604 g/mol. The van der Waals surface area contributed by atoms with Gasteiger partial charge in [-0.2, -0.15) is 0 Å². The van der Waals surface area contributed by atoms with E-state index < -0.39 is 106 Å². The van der Waals surface area contributed by atoms with E-state index in [1.165, 1.54) is 18.2 Å². The molecule has 0 saturated carbocycles. The molecule has 16 heteroatoms. The minimum Gasteiger partial charge on any atom is -0.504 e. The number of carbonyl (C=O) groups excluding carboxylic acids is 3. The number of hydrogen-bond donors (Lipinski definition) is 8. The monoisotopic (exact) mass is 626 g/mol. The molecule has 3 aromatic carbocycles. The van der Waals surface area contributed by atoms with Crippen LogP contribution in [0.15, 0.2) is 40.8 Å². The van der Waals surface area contributed by atoms with Crippen molar-refractivity contribution in [3.8, 4) is 34.5 Å². The Morgan fingerprint density at radius 2 is 1.42 bits per heavy atom. The summed E-state index contributed by atoms with van der Waals surface area (Å²) in [6.45, 7) is -0.770. The number of ether oxygens (including phenoxy) is 4. The molecule has 0 radical (unpaired) electrons. The third-order valence-corrected chi connectivity index (χ3v) is 7.27. The number of rotatable bonds is 3. The highest BCUT2D eigenvalue weighted by atomic mass is 16.7. The molecule has 234 valence electrons. The smallest absolute Gasteiger partial charge is 0.339 e. The van der Waals surface area contributed by atoms with E-state index in [0.29, 0.717) is 5.56 Å². The zero-order chi connectivity index (χ0) is 32.3. The molecular formula is C29H22O16. The summed E-state index contributed by atoms with van der Waals surface area (Å²) in [5.41, 5.74) is -1.77. The standard InChI is InChI=1S/C29H22O16/c30-12-3-1-9(5-13(12)31)2-4-17(34)43-29-23(38)22(37)24-16(42-29)8-41-27(39)10-6-14(32)20(35)25-18(10)19-11(28(40)45-24)7-15(33)21(36)26(19)44-25/h1-7,16,22-24,29-33,35-38H,8H2/t16-,22-,23-,24-,29+/m1/s1. The van der Waals surface area contributed by atoms with Crippen molar-refractivity contribution in [2.45, 2.75) is 30.7 Å². The number of hydrogen-bond acceptors (Lipinski definition) is 16. The number of aliphatic hydroxyl groups excluding tert-OH is 2. The Labute approximate surface area is 249 Å². The van der Waals surface area contributed by atoms with Crippen LogP contribution in [0, 0.1) is 0 Å². The molecule has 8 N–H and O–H groups in total. The molecule has 1 saturated heterocycles. The molecule has 4 aromatic rings. The molecule has 0 aliphatic carbocycles. The number of esters is 3. The average molecular weight is 626 g/mol. The second-order valence-corrected chi connectivity index (χ2v) is 10.1. The normalized spacial score (nSPS) is 23.5. The number of aromatic hydroxyl groups is 6. The van der Waals surface area contributed by atoms with Crippen molar-refractivity contribution < 1.29 is 78.6 Å². The van der Waals surface area contributed by atoms with Gasteiger partial charge in [0.25, 0.3) is 0 Å². The fraction of sp³-hybridized carbons (Fsp3) is 0.207. The van der Waals surface area contributed by atoms with Crippen LogP contribution in [-0.2, 0) is 23.7 Å². The average Bonchev–Trinajstić information content (AvgIpc) is 3.40. The number of fused-ring (bicyclic) bond motifs is 1. The van der Waals surface area contributed by atoms with Crippen molar-refractivity contribution in [2.75, 3.05) is 6.61 Å². The number of phenolic OH excluding ortho intramolecular Hbond substituents is 6. The minimum absolute atomic E-state index is 0.291. The Hall–Kier alpha value is -5.71. The zero-order valence-electron chi connectivity index (χ0n) is 22.5. The van der Waals surface area contributed by atoms with Crippen molar-refractivity contribution in [3.05, 3.63) is 53.1 Å². The molecule has 1 aromatic heterocycles. The third-order valence-electron chi connectivity index (χ3n) is 7.27. The van der Waals surface area contributed by atoms with Crippen LogP contribution < -0.4 is 0 Å². The highest BCUT2D eigenvalue weighted by Gasteiger charge is 2.49. The summed E-state index contributed by atoms with van der Waals surface area (Å²) in [6.07, 6.45) is -7.10. The van der Waals surface area contributed by atoms with Crippen LogP contribution in [0.4, 0.5) is 0 Å². The Balaban J connectivity index is 1.34. The van der Waals surface area contributed by atoms with Gasteiger partial charge in [0.1, 0.15) is 24.9 Å². The first-order chi connectivity index (χ1) is 21.3. The number of benzene rings is 3. The molecule has 16 nitrogen and oxygen atoms in total. The lowest BCUT2D eigenvalue weighted by Crippen LogP contribution is -2.61. The van der Waals surface area contributed by atoms with Gasteiger partial charge in [-0.15, -0.1) is 0 Å². The first-order valence-corrected chi connectivity index (χ1v) is 13.0. The van der Waals surface area contributed by atoms with Crippen molar-refractivity contribution in [1.29, 1.82) is 0 Å². The molecule has 2 aliphatic rings. The van der Waals surface area contributed by atoms with E-state index in [1.54, 1.807) is 0 Å². The molecule has 2 aliphatic heterocycles. The first-order valence-electron chi connectivity index (χ1n) is 13.0. The molecule has 0 spiro atoms. The summed E-state index contributed by atoms with van der Waals surface area (Å²) in [5.74, 6) is -7.78. The fourth-order valence-corrected chi connectivity index (χ4v) is 5.06. The second-order valence-electron chi connectivity index (χ2n) is 10.1. The summed E-state index contributed by atoms with van der Waals surface area (Å²) in [7, 11) is 0. The van der Waals surface area contributed by atoms with Crippen LogP contribution in [0.25, 0.3) is 28.0 Å². The maximum atomic E-state index is 13.5. The summed E-state index contributed by atoms with van der Waals surface area (Å²) in [6, 6.07) is 5.30. The van der Waals surface area contributed by atoms with Gasteiger partial charge in [0.05, 0.1) is 11.1 Å². The lowest BCUT2D eigenvalue weighted by molar-refractivity contribution is -0.290. The van der Waals surface area contributed by atoms with E-state index in [1.807, 2.05) is 0 Å². The van der Waals surface area contributed by atoms with Gasteiger partial charge in [0.15, 0.2) is 40.3 Å². The van der Waals surface area contributed by atoms with Gasteiger partial charge in [-0.25, -0.2) is 14.4 Å². The molecule has 6 rings (SSSR count). The molecule has 1 fully saturated rings. The van der Waals surface area contributed by atoms with E-state index in [0.717, 1.165) is 24.3 Å². The maximum absolute atomic E-state index is 13.5. The fourth-order valence-electron chi connectivity index (χ4n) is 5.06. The molecule has 0 unspecified atom stereocenters. The predicted molar refractivity (Wildman–Crippen MR) is 145 cm³/mol. The summed E-state index contributed by atoms with van der Waals surface area (Å²) in [4.78, 5) is 39.2. The number of carbonyl (C=O) groups is 3. The van der Waals surface area contributed by atoms with Gasteiger partial charge in [0.2, 0.25) is 17.8 Å². The SMILES string of the molecule is O=C(C=Cc1ccc(O)c(O)c1)O[C@@H]1O[C@@H]2COC(=O)c3cc(O)c(O)c4oc5c(O)c(O)cc(c5c34)C(=O)O[C@H]2[C@H](O)[C@H]1O. The number of furan rings is 1. The Morgan fingerprint density at radius 3 is 2.04 bits per heavy atom. The van der Waals surface area contributed by atoms with E-state index in [9.17, 15) is 55.2 Å². The number of phenols is 6. The van der Waals surface area contributed by atoms with Crippen LogP contribution in [0.3, 0.4) is 0 Å². The summed E-state index contributed by atoms with van der Waals surface area (Å²) in [5, 5.41) is 81.4.